The Balaban J connectivity index is 1.79. The molecular weight excluding hydrogens is 276 g/mol. The van der Waals surface area contributed by atoms with Gasteiger partial charge in [-0.25, -0.2) is 4.98 Å². The molecule has 1 aliphatic heterocycles. The number of amides is 1. The molecule has 2 heterocycles. The first-order valence-electron chi connectivity index (χ1n) is 8.17. The number of nitrogens with one attached hydrogen (secondary N) is 2. The standard InChI is InChI=1S/C17H24N4O/c1-3-21-15-7-5-4-6-14(15)20-16(21)12(2)19-17(22)13-8-10-18-11-9-13/h4-7,12-13,18H,3,8-11H2,1-2H3,(H,19,22). The summed E-state index contributed by atoms with van der Waals surface area (Å²) in [6, 6.07) is 8.05. The van der Waals surface area contributed by atoms with Crippen LogP contribution in [0.1, 0.15) is 38.6 Å². The van der Waals surface area contributed by atoms with Gasteiger partial charge in [-0.15, -0.1) is 0 Å². The van der Waals surface area contributed by atoms with Gasteiger partial charge in [-0.1, -0.05) is 12.1 Å². The Kier molecular flexibility index (Phi) is 4.43. The Bertz CT molecular complexity index is 658. The molecule has 1 amide bonds. The van der Waals surface area contributed by atoms with E-state index in [-0.39, 0.29) is 17.9 Å². The average Bonchev–Trinajstić information content (AvgIpc) is 2.94. The summed E-state index contributed by atoms with van der Waals surface area (Å²) in [5, 5.41) is 6.45. The van der Waals surface area contributed by atoms with Crippen molar-refractivity contribution < 1.29 is 4.79 Å². The second kappa shape index (κ2) is 6.48. The lowest BCUT2D eigenvalue weighted by molar-refractivity contribution is -0.126. The predicted octanol–water partition coefficient (Wildman–Crippen LogP) is 2.23. The number of carbonyl (C=O) groups excluding carboxylic acids is 1. The van der Waals surface area contributed by atoms with Gasteiger partial charge in [0.2, 0.25) is 5.91 Å². The van der Waals surface area contributed by atoms with Crippen molar-refractivity contribution in [2.24, 2.45) is 5.92 Å². The molecule has 2 aromatic rings. The Morgan fingerprint density at radius 2 is 2.14 bits per heavy atom. The number of hydrogen-bond acceptors (Lipinski definition) is 3. The number of piperidine rings is 1. The zero-order chi connectivity index (χ0) is 15.5. The van der Waals surface area contributed by atoms with Crippen LogP contribution in [0.4, 0.5) is 0 Å². The molecule has 0 saturated carbocycles. The van der Waals surface area contributed by atoms with Gasteiger partial charge in [-0.05, 0) is 51.9 Å². The molecule has 118 valence electrons. The van der Waals surface area contributed by atoms with Gasteiger partial charge in [0.15, 0.2) is 0 Å². The van der Waals surface area contributed by atoms with Crippen LogP contribution in [0.25, 0.3) is 11.0 Å². The van der Waals surface area contributed by atoms with Crippen molar-refractivity contribution in [3.05, 3.63) is 30.1 Å². The number of aromatic nitrogens is 2. The molecule has 1 unspecified atom stereocenters. The molecule has 5 nitrogen and oxygen atoms in total. The van der Waals surface area contributed by atoms with Crippen LogP contribution in [0.2, 0.25) is 0 Å². The summed E-state index contributed by atoms with van der Waals surface area (Å²) in [6.07, 6.45) is 1.84. The van der Waals surface area contributed by atoms with Gasteiger partial charge in [0, 0.05) is 12.5 Å². The number of carbonyl (C=O) groups is 1. The zero-order valence-corrected chi connectivity index (χ0v) is 13.3. The number of aryl methyl sites for hydroxylation is 1. The van der Waals surface area contributed by atoms with Crippen LogP contribution in [0.3, 0.4) is 0 Å². The fourth-order valence-electron chi connectivity index (χ4n) is 3.24. The van der Waals surface area contributed by atoms with Gasteiger partial charge >= 0.3 is 0 Å². The maximum atomic E-state index is 12.4. The molecule has 2 N–H and O–H groups in total. The molecule has 1 aromatic heterocycles. The highest BCUT2D eigenvalue weighted by molar-refractivity contribution is 5.80. The first-order valence-corrected chi connectivity index (χ1v) is 8.17. The van der Waals surface area contributed by atoms with Crippen LogP contribution in [0.5, 0.6) is 0 Å². The SMILES string of the molecule is CCn1c(C(C)NC(=O)C2CCNCC2)nc2ccccc21. The molecule has 3 rings (SSSR count). The topological polar surface area (TPSA) is 59.0 Å². The number of para-hydroxylation sites is 2. The second-order valence-electron chi connectivity index (χ2n) is 5.96. The predicted molar refractivity (Wildman–Crippen MR) is 87.6 cm³/mol. The first kappa shape index (κ1) is 15.0. The third-order valence-corrected chi connectivity index (χ3v) is 4.46. The first-order chi connectivity index (χ1) is 10.7. The third-order valence-electron chi connectivity index (χ3n) is 4.46. The van der Waals surface area contributed by atoms with Crippen molar-refractivity contribution in [3.63, 3.8) is 0 Å². The molecule has 1 saturated heterocycles. The average molecular weight is 300 g/mol. The van der Waals surface area contributed by atoms with E-state index in [0.717, 1.165) is 49.3 Å². The van der Waals surface area contributed by atoms with Crippen molar-refractivity contribution in [1.29, 1.82) is 0 Å². The number of benzene rings is 1. The monoisotopic (exact) mass is 300 g/mol. The van der Waals surface area contributed by atoms with E-state index in [2.05, 4.69) is 28.2 Å². The molecule has 5 heteroatoms. The van der Waals surface area contributed by atoms with Gasteiger partial charge in [0.1, 0.15) is 5.82 Å². The Labute approximate surface area is 131 Å². The van der Waals surface area contributed by atoms with E-state index in [4.69, 9.17) is 4.98 Å². The van der Waals surface area contributed by atoms with Crippen LogP contribution in [-0.4, -0.2) is 28.5 Å². The number of imidazole rings is 1. The van der Waals surface area contributed by atoms with E-state index >= 15 is 0 Å². The quantitative estimate of drug-likeness (QED) is 0.910. The largest absolute Gasteiger partial charge is 0.346 e. The molecule has 0 radical (unpaired) electrons. The second-order valence-corrected chi connectivity index (χ2v) is 5.96. The third kappa shape index (κ3) is 2.86. The molecule has 22 heavy (non-hydrogen) atoms. The molecule has 0 bridgehead atoms. The molecule has 1 aromatic carbocycles. The maximum absolute atomic E-state index is 12.4. The fourth-order valence-corrected chi connectivity index (χ4v) is 3.24. The van der Waals surface area contributed by atoms with E-state index in [1.54, 1.807) is 0 Å². The van der Waals surface area contributed by atoms with Crippen LogP contribution in [0.15, 0.2) is 24.3 Å². The molecule has 1 aliphatic rings. The van der Waals surface area contributed by atoms with Gasteiger partial charge < -0.3 is 15.2 Å². The Morgan fingerprint density at radius 3 is 2.86 bits per heavy atom. The minimum absolute atomic E-state index is 0.0743. The van der Waals surface area contributed by atoms with Gasteiger partial charge in [0.05, 0.1) is 17.1 Å². The van der Waals surface area contributed by atoms with Gasteiger partial charge in [-0.2, -0.15) is 0 Å². The zero-order valence-electron chi connectivity index (χ0n) is 13.3. The summed E-state index contributed by atoms with van der Waals surface area (Å²) in [4.78, 5) is 17.1. The molecule has 1 fully saturated rings. The minimum atomic E-state index is -0.0743. The summed E-state index contributed by atoms with van der Waals surface area (Å²) in [7, 11) is 0. The van der Waals surface area contributed by atoms with Crippen molar-refractivity contribution in [1.82, 2.24) is 20.2 Å². The van der Waals surface area contributed by atoms with Crippen LogP contribution in [0, 0.1) is 5.92 Å². The van der Waals surface area contributed by atoms with Crippen molar-refractivity contribution in [2.45, 2.75) is 39.3 Å². The van der Waals surface area contributed by atoms with E-state index in [1.807, 2.05) is 25.1 Å². The molecule has 0 spiro atoms. The van der Waals surface area contributed by atoms with Crippen LogP contribution < -0.4 is 10.6 Å². The summed E-state index contributed by atoms with van der Waals surface area (Å²) in [5.41, 5.74) is 2.12. The highest BCUT2D eigenvalue weighted by Crippen LogP contribution is 2.21. The Hall–Kier alpha value is -1.88. The van der Waals surface area contributed by atoms with Gasteiger partial charge in [-0.3, -0.25) is 4.79 Å². The number of fused-ring (bicyclic) bond motifs is 1. The summed E-state index contributed by atoms with van der Waals surface area (Å²) < 4.78 is 2.18. The summed E-state index contributed by atoms with van der Waals surface area (Å²) in [6.45, 7) is 6.84. The van der Waals surface area contributed by atoms with Crippen LogP contribution >= 0.6 is 0 Å². The highest BCUT2D eigenvalue weighted by atomic mass is 16.1. The summed E-state index contributed by atoms with van der Waals surface area (Å²) >= 11 is 0. The highest BCUT2D eigenvalue weighted by Gasteiger charge is 2.24. The van der Waals surface area contributed by atoms with Crippen molar-refractivity contribution in [2.75, 3.05) is 13.1 Å². The minimum Gasteiger partial charge on any atom is -0.346 e. The lowest BCUT2D eigenvalue weighted by Gasteiger charge is -2.24. The van der Waals surface area contributed by atoms with Gasteiger partial charge in [0.25, 0.3) is 0 Å². The van der Waals surface area contributed by atoms with E-state index in [1.165, 1.54) is 0 Å². The molecule has 0 aliphatic carbocycles. The number of hydrogen-bond donors (Lipinski definition) is 2. The van der Waals surface area contributed by atoms with E-state index in [0.29, 0.717) is 0 Å². The molecular formula is C17H24N4O. The van der Waals surface area contributed by atoms with Crippen LogP contribution in [-0.2, 0) is 11.3 Å². The number of nitrogens with zero attached hydrogens (tertiary/aromatic N) is 2. The van der Waals surface area contributed by atoms with E-state index < -0.39 is 0 Å². The Morgan fingerprint density at radius 1 is 1.41 bits per heavy atom. The lowest BCUT2D eigenvalue weighted by atomic mass is 9.97. The maximum Gasteiger partial charge on any atom is 0.223 e. The summed E-state index contributed by atoms with van der Waals surface area (Å²) in [5.74, 6) is 1.22. The van der Waals surface area contributed by atoms with E-state index in [9.17, 15) is 4.79 Å². The molecule has 1 atom stereocenters. The van der Waals surface area contributed by atoms with Crippen molar-refractivity contribution in [3.8, 4) is 0 Å². The van der Waals surface area contributed by atoms with Crippen molar-refractivity contribution >= 4 is 16.9 Å². The lowest BCUT2D eigenvalue weighted by Crippen LogP contribution is -2.39. The smallest absolute Gasteiger partial charge is 0.223 e. The number of rotatable bonds is 4. The normalized spacial score (nSPS) is 17.5. The fraction of sp³-hybridized carbons (Fsp3) is 0.529.